The Balaban J connectivity index is 2.76. The number of hydrogen-bond acceptors (Lipinski definition) is 2. The summed E-state index contributed by atoms with van der Waals surface area (Å²) in [5.74, 6) is -11.0. The summed E-state index contributed by atoms with van der Waals surface area (Å²) in [5, 5.41) is 4.33. The van der Waals surface area contributed by atoms with E-state index in [4.69, 9.17) is 0 Å². The third kappa shape index (κ3) is 3.58. The summed E-state index contributed by atoms with van der Waals surface area (Å²) in [6.45, 7) is 1.68. The Labute approximate surface area is 112 Å². The fourth-order valence-electron chi connectivity index (χ4n) is 1.40. The third-order valence-corrected chi connectivity index (χ3v) is 2.49. The van der Waals surface area contributed by atoms with Crippen molar-refractivity contribution in [3.05, 3.63) is 29.1 Å². The minimum atomic E-state index is -2.24. The van der Waals surface area contributed by atoms with Crippen LogP contribution >= 0.6 is 0 Å². The van der Waals surface area contributed by atoms with Crippen LogP contribution in [-0.4, -0.2) is 19.0 Å². The largest absolute Gasteiger partial charge is 0.371 e. The second-order valence-corrected chi connectivity index (χ2v) is 4.00. The van der Waals surface area contributed by atoms with Crippen molar-refractivity contribution in [2.45, 2.75) is 19.8 Å². The van der Waals surface area contributed by atoms with Crippen molar-refractivity contribution in [1.29, 1.82) is 0 Å². The first-order valence-corrected chi connectivity index (χ1v) is 5.92. The fourth-order valence-corrected chi connectivity index (χ4v) is 1.40. The molecule has 8 heteroatoms. The van der Waals surface area contributed by atoms with Crippen molar-refractivity contribution < 1.29 is 26.7 Å². The number of rotatable bonds is 6. The van der Waals surface area contributed by atoms with E-state index in [1.807, 2.05) is 12.2 Å². The Morgan fingerprint density at radius 2 is 1.45 bits per heavy atom. The van der Waals surface area contributed by atoms with Gasteiger partial charge in [-0.25, -0.2) is 22.0 Å². The first kappa shape index (κ1) is 16.2. The van der Waals surface area contributed by atoms with Gasteiger partial charge in [0.1, 0.15) is 5.69 Å². The molecule has 0 unspecified atom stereocenters. The maximum absolute atomic E-state index is 13.2. The van der Waals surface area contributed by atoms with Crippen molar-refractivity contribution in [2.24, 2.45) is 0 Å². The normalized spacial score (nSPS) is 10.5. The Morgan fingerprint density at radius 3 is 1.95 bits per heavy atom. The molecule has 1 amide bonds. The van der Waals surface area contributed by atoms with Crippen molar-refractivity contribution in [2.75, 3.05) is 18.4 Å². The van der Waals surface area contributed by atoms with Crippen LogP contribution in [0.4, 0.5) is 27.6 Å². The minimum Gasteiger partial charge on any atom is -0.371 e. The number of carbonyl (C=O) groups is 1. The van der Waals surface area contributed by atoms with Crippen molar-refractivity contribution >= 4 is 11.6 Å². The maximum Gasteiger partial charge on any atom is 0.239 e. The van der Waals surface area contributed by atoms with Crippen LogP contribution < -0.4 is 10.6 Å². The standard InChI is InChI=1S/C12H13F5N2O/c1-2-3-4-18-6(20)5-19-12-10(16)8(14)7(13)9(15)11(12)17/h19H,2-5H2,1H3,(H,18,20). The van der Waals surface area contributed by atoms with Crippen molar-refractivity contribution in [1.82, 2.24) is 5.32 Å². The van der Waals surface area contributed by atoms with Crippen molar-refractivity contribution in [3.63, 3.8) is 0 Å². The molecule has 1 aromatic rings. The van der Waals surface area contributed by atoms with Crippen LogP contribution in [0.25, 0.3) is 0 Å². The smallest absolute Gasteiger partial charge is 0.239 e. The molecule has 112 valence electrons. The lowest BCUT2D eigenvalue weighted by Crippen LogP contribution is -2.31. The molecule has 0 fully saturated rings. The molecule has 0 atom stereocenters. The Hall–Kier alpha value is -1.86. The fraction of sp³-hybridized carbons (Fsp3) is 0.417. The molecule has 0 saturated heterocycles. The van der Waals surface area contributed by atoms with Gasteiger partial charge in [-0.05, 0) is 6.42 Å². The molecule has 2 N–H and O–H groups in total. The first-order valence-electron chi connectivity index (χ1n) is 5.92. The van der Waals surface area contributed by atoms with Gasteiger partial charge >= 0.3 is 0 Å². The highest BCUT2D eigenvalue weighted by Gasteiger charge is 2.25. The average molecular weight is 296 g/mol. The lowest BCUT2D eigenvalue weighted by atomic mass is 10.2. The van der Waals surface area contributed by atoms with Crippen LogP contribution in [0.2, 0.25) is 0 Å². The van der Waals surface area contributed by atoms with Crippen LogP contribution in [0.5, 0.6) is 0 Å². The summed E-state index contributed by atoms with van der Waals surface area (Å²) < 4.78 is 65.0. The molecule has 0 aliphatic rings. The molecule has 0 heterocycles. The molecule has 3 nitrogen and oxygen atoms in total. The zero-order chi connectivity index (χ0) is 15.3. The van der Waals surface area contributed by atoms with Gasteiger partial charge in [0.25, 0.3) is 0 Å². The van der Waals surface area contributed by atoms with Crippen LogP contribution in [0.3, 0.4) is 0 Å². The minimum absolute atomic E-state index is 0.369. The molecule has 20 heavy (non-hydrogen) atoms. The number of anilines is 1. The molecule has 1 aromatic carbocycles. The maximum atomic E-state index is 13.2. The Bertz CT molecular complexity index is 478. The van der Waals surface area contributed by atoms with E-state index in [1.54, 1.807) is 0 Å². The SMILES string of the molecule is CCCCNC(=O)CNc1c(F)c(F)c(F)c(F)c1F. The monoisotopic (exact) mass is 296 g/mol. The van der Waals surface area contributed by atoms with Gasteiger partial charge in [0, 0.05) is 6.54 Å². The number of nitrogens with one attached hydrogen (secondary N) is 2. The predicted octanol–water partition coefficient (Wildman–Crippen LogP) is 2.71. The van der Waals surface area contributed by atoms with E-state index in [1.165, 1.54) is 0 Å². The number of benzene rings is 1. The van der Waals surface area contributed by atoms with Gasteiger partial charge in [0.05, 0.1) is 6.54 Å². The molecule has 0 bridgehead atoms. The quantitative estimate of drug-likeness (QED) is 0.367. The Kier molecular flexibility index (Phi) is 5.72. The number of unbranched alkanes of at least 4 members (excludes halogenated alkanes) is 1. The molecule has 0 radical (unpaired) electrons. The van der Waals surface area contributed by atoms with Gasteiger partial charge in [-0.15, -0.1) is 0 Å². The summed E-state index contributed by atoms with van der Waals surface area (Å²) in [6, 6.07) is 0. The molecule has 1 rings (SSSR count). The van der Waals surface area contributed by atoms with Crippen LogP contribution in [-0.2, 0) is 4.79 Å². The van der Waals surface area contributed by atoms with Gasteiger partial charge < -0.3 is 10.6 Å². The number of amides is 1. The highest BCUT2D eigenvalue weighted by molar-refractivity contribution is 5.80. The lowest BCUT2D eigenvalue weighted by molar-refractivity contribution is -0.119. The number of carbonyl (C=O) groups excluding carboxylic acids is 1. The van der Waals surface area contributed by atoms with Crippen LogP contribution in [0, 0.1) is 29.1 Å². The molecule has 0 aliphatic carbocycles. The molecule has 0 spiro atoms. The summed E-state index contributed by atoms with van der Waals surface area (Å²) in [5.41, 5.74) is -1.22. The van der Waals surface area contributed by atoms with E-state index < -0.39 is 47.2 Å². The second kappa shape index (κ2) is 7.06. The molecular weight excluding hydrogens is 283 g/mol. The summed E-state index contributed by atoms with van der Waals surface area (Å²) in [4.78, 5) is 11.3. The summed E-state index contributed by atoms with van der Waals surface area (Å²) in [6.07, 6.45) is 1.56. The van der Waals surface area contributed by atoms with Gasteiger partial charge in [-0.3, -0.25) is 4.79 Å². The van der Waals surface area contributed by atoms with E-state index in [9.17, 15) is 26.7 Å². The van der Waals surface area contributed by atoms with E-state index in [0.29, 0.717) is 13.0 Å². The zero-order valence-corrected chi connectivity index (χ0v) is 10.6. The number of halogens is 5. The summed E-state index contributed by atoms with van der Waals surface area (Å²) in [7, 11) is 0. The van der Waals surface area contributed by atoms with Gasteiger partial charge in [0.2, 0.25) is 11.7 Å². The third-order valence-electron chi connectivity index (χ3n) is 2.49. The summed E-state index contributed by atoms with van der Waals surface area (Å²) >= 11 is 0. The first-order chi connectivity index (χ1) is 9.40. The number of hydrogen-bond donors (Lipinski definition) is 2. The highest BCUT2D eigenvalue weighted by atomic mass is 19.2. The lowest BCUT2D eigenvalue weighted by Gasteiger charge is -2.10. The Morgan fingerprint density at radius 1 is 0.950 bits per heavy atom. The molecule has 0 saturated carbocycles. The highest BCUT2D eigenvalue weighted by Crippen LogP contribution is 2.26. The van der Waals surface area contributed by atoms with E-state index in [-0.39, 0.29) is 0 Å². The van der Waals surface area contributed by atoms with Gasteiger partial charge in [0.15, 0.2) is 23.3 Å². The molecule has 0 aromatic heterocycles. The predicted molar refractivity (Wildman–Crippen MR) is 62.6 cm³/mol. The van der Waals surface area contributed by atoms with Crippen LogP contribution in [0.15, 0.2) is 0 Å². The van der Waals surface area contributed by atoms with E-state index in [2.05, 4.69) is 5.32 Å². The molecular formula is C12H13F5N2O. The second-order valence-electron chi connectivity index (χ2n) is 4.00. The van der Waals surface area contributed by atoms with Crippen molar-refractivity contribution in [3.8, 4) is 0 Å². The van der Waals surface area contributed by atoms with E-state index >= 15 is 0 Å². The van der Waals surface area contributed by atoms with Crippen LogP contribution in [0.1, 0.15) is 19.8 Å². The topological polar surface area (TPSA) is 41.1 Å². The van der Waals surface area contributed by atoms with E-state index in [0.717, 1.165) is 6.42 Å². The molecule has 0 aliphatic heterocycles. The average Bonchev–Trinajstić information content (AvgIpc) is 2.43. The van der Waals surface area contributed by atoms with Gasteiger partial charge in [-0.2, -0.15) is 0 Å². The van der Waals surface area contributed by atoms with Gasteiger partial charge in [-0.1, -0.05) is 13.3 Å². The zero-order valence-electron chi connectivity index (χ0n) is 10.6.